The Morgan fingerprint density at radius 2 is 2.20 bits per heavy atom. The van der Waals surface area contributed by atoms with Gasteiger partial charge in [0.1, 0.15) is 18.1 Å². The average molecular weight is 508 g/mol. The van der Waals surface area contributed by atoms with Gasteiger partial charge in [0.05, 0.1) is 28.0 Å². The standard InChI is InChI=1S/C23H34N5O6P/c1-14(2)11-27(15(3)4)35-33-12-19-18(30)10-20(34-19)28-22-21(23(31)25-13-24-22)17(26-28)8-6-7-9-32-16(5)29/h13-15,18-20,30,35H,7,9-12H2,1-5H3,(H,24,25,31). The Morgan fingerprint density at radius 3 is 2.89 bits per heavy atom. The first-order valence-electron chi connectivity index (χ1n) is 11.7. The highest BCUT2D eigenvalue weighted by atomic mass is 31.1. The number of nitrogens with one attached hydrogen (secondary N) is 1. The number of fused-ring (bicyclic) bond motifs is 1. The molecule has 1 saturated heterocycles. The average Bonchev–Trinajstić information content (AvgIpc) is 3.33. The van der Waals surface area contributed by atoms with Crippen LogP contribution in [0.25, 0.3) is 11.0 Å². The van der Waals surface area contributed by atoms with Gasteiger partial charge in [-0.1, -0.05) is 19.8 Å². The van der Waals surface area contributed by atoms with Crippen LogP contribution >= 0.6 is 8.96 Å². The van der Waals surface area contributed by atoms with Crippen LogP contribution in [0.15, 0.2) is 11.1 Å². The summed E-state index contributed by atoms with van der Waals surface area (Å²) in [4.78, 5) is 30.2. The second-order valence-electron chi connectivity index (χ2n) is 9.09. The number of esters is 1. The Hall–Kier alpha value is -2.35. The summed E-state index contributed by atoms with van der Waals surface area (Å²) in [7, 11) is 0.168. The number of nitrogens with zero attached hydrogens (tertiary/aromatic N) is 4. The fourth-order valence-electron chi connectivity index (χ4n) is 3.63. The van der Waals surface area contributed by atoms with E-state index in [9.17, 15) is 14.7 Å². The van der Waals surface area contributed by atoms with Crippen LogP contribution in [0.1, 0.15) is 59.4 Å². The van der Waals surface area contributed by atoms with Gasteiger partial charge in [0.2, 0.25) is 0 Å². The van der Waals surface area contributed by atoms with Gasteiger partial charge in [0.15, 0.2) is 17.6 Å². The van der Waals surface area contributed by atoms with Gasteiger partial charge in [-0.3, -0.25) is 14.3 Å². The molecule has 3 heterocycles. The Labute approximate surface area is 206 Å². The van der Waals surface area contributed by atoms with Crippen LogP contribution in [-0.2, 0) is 18.8 Å². The number of aromatic amines is 1. The van der Waals surface area contributed by atoms with E-state index in [0.29, 0.717) is 24.0 Å². The zero-order valence-corrected chi connectivity index (χ0v) is 21.8. The quantitative estimate of drug-likeness (QED) is 0.214. The van der Waals surface area contributed by atoms with Gasteiger partial charge in [-0.2, -0.15) is 5.10 Å². The first kappa shape index (κ1) is 27.2. The first-order chi connectivity index (χ1) is 16.7. The van der Waals surface area contributed by atoms with E-state index >= 15 is 0 Å². The number of ether oxygens (including phenoxy) is 2. The Morgan fingerprint density at radius 1 is 1.43 bits per heavy atom. The molecule has 0 aliphatic carbocycles. The highest BCUT2D eigenvalue weighted by Crippen LogP contribution is 2.33. The number of hydrogen-bond donors (Lipinski definition) is 2. The molecule has 3 rings (SSSR count). The Balaban J connectivity index is 1.70. The highest BCUT2D eigenvalue weighted by molar-refractivity contribution is 7.29. The minimum absolute atomic E-state index is 0.154. The fraction of sp³-hybridized carbons (Fsp3) is 0.652. The second kappa shape index (κ2) is 12.6. The number of rotatable bonds is 10. The maximum absolute atomic E-state index is 12.5. The zero-order valence-electron chi connectivity index (χ0n) is 20.8. The SMILES string of the molecule is CC(=O)OCCC#Cc1nn(C2CC(O)C(COPN(CC(C)C)C(C)C)O2)c2nc[nH]c(=O)c12. The predicted molar refractivity (Wildman–Crippen MR) is 132 cm³/mol. The van der Waals surface area contributed by atoms with Gasteiger partial charge in [0, 0.05) is 32.4 Å². The molecule has 2 N–H and O–H groups in total. The first-order valence-corrected chi connectivity index (χ1v) is 12.6. The third-order valence-corrected chi connectivity index (χ3v) is 6.55. The number of carbonyl (C=O) groups excluding carboxylic acids is 1. The van der Waals surface area contributed by atoms with E-state index in [0.717, 1.165) is 6.54 Å². The smallest absolute Gasteiger partial charge is 0.302 e. The third-order valence-electron chi connectivity index (χ3n) is 5.33. The molecule has 0 amide bonds. The summed E-state index contributed by atoms with van der Waals surface area (Å²) in [5, 5.41) is 15.3. The number of aromatic nitrogens is 4. The molecule has 0 bridgehead atoms. The maximum Gasteiger partial charge on any atom is 0.302 e. The van der Waals surface area contributed by atoms with Crippen molar-refractivity contribution in [3.8, 4) is 11.8 Å². The molecule has 1 aliphatic heterocycles. The third kappa shape index (κ3) is 7.32. The van der Waals surface area contributed by atoms with Crippen LogP contribution in [0.3, 0.4) is 0 Å². The van der Waals surface area contributed by atoms with Crippen molar-refractivity contribution in [1.29, 1.82) is 0 Å². The number of carbonyl (C=O) groups is 1. The predicted octanol–water partition coefficient (Wildman–Crippen LogP) is 1.96. The molecule has 1 aliphatic rings. The molecular weight excluding hydrogens is 473 g/mol. The van der Waals surface area contributed by atoms with Gasteiger partial charge in [0.25, 0.3) is 5.56 Å². The van der Waals surface area contributed by atoms with E-state index in [2.05, 4.69) is 59.3 Å². The van der Waals surface area contributed by atoms with Crippen LogP contribution in [0, 0.1) is 17.8 Å². The van der Waals surface area contributed by atoms with E-state index < -0.39 is 18.4 Å². The van der Waals surface area contributed by atoms with Crippen molar-refractivity contribution in [3.63, 3.8) is 0 Å². The molecule has 0 radical (unpaired) electrons. The van der Waals surface area contributed by atoms with Crippen molar-refractivity contribution in [2.45, 2.75) is 71.9 Å². The molecule has 35 heavy (non-hydrogen) atoms. The largest absolute Gasteiger partial charge is 0.465 e. The molecule has 2 aromatic heterocycles. The van der Waals surface area contributed by atoms with Crippen molar-refractivity contribution in [2.75, 3.05) is 19.8 Å². The molecule has 2 aromatic rings. The summed E-state index contributed by atoms with van der Waals surface area (Å²) in [5.41, 5.74) is 0.198. The molecule has 4 atom stereocenters. The Kier molecular flexibility index (Phi) is 9.78. The van der Waals surface area contributed by atoms with E-state index in [1.54, 1.807) is 0 Å². The second-order valence-corrected chi connectivity index (χ2v) is 10.1. The summed E-state index contributed by atoms with van der Waals surface area (Å²) >= 11 is 0. The molecular formula is C23H34N5O6P. The molecule has 192 valence electrons. The molecule has 4 unspecified atom stereocenters. The molecule has 1 fully saturated rings. The lowest BCUT2D eigenvalue weighted by Gasteiger charge is -2.27. The van der Waals surface area contributed by atoms with Crippen molar-refractivity contribution in [1.82, 2.24) is 24.4 Å². The summed E-state index contributed by atoms with van der Waals surface area (Å²) in [5.74, 6) is 5.86. The topological polar surface area (TPSA) is 132 Å². The van der Waals surface area contributed by atoms with Crippen LogP contribution in [-0.4, -0.2) is 73.5 Å². The molecule has 0 aromatic carbocycles. The number of aliphatic hydroxyl groups is 1. The van der Waals surface area contributed by atoms with Crippen LogP contribution in [0.2, 0.25) is 0 Å². The number of aliphatic hydroxyl groups excluding tert-OH is 1. The van der Waals surface area contributed by atoms with Gasteiger partial charge in [-0.15, -0.1) is 0 Å². The molecule has 11 nitrogen and oxygen atoms in total. The maximum atomic E-state index is 12.5. The van der Waals surface area contributed by atoms with Crippen molar-refractivity contribution in [2.24, 2.45) is 5.92 Å². The van der Waals surface area contributed by atoms with Crippen molar-refractivity contribution < 1.29 is 23.9 Å². The lowest BCUT2D eigenvalue weighted by molar-refractivity contribution is -0.140. The van der Waals surface area contributed by atoms with E-state index in [1.165, 1.54) is 17.9 Å². The van der Waals surface area contributed by atoms with Gasteiger partial charge in [-0.05, 0) is 25.7 Å². The summed E-state index contributed by atoms with van der Waals surface area (Å²) < 4.78 is 20.6. The highest BCUT2D eigenvalue weighted by Gasteiger charge is 2.37. The van der Waals surface area contributed by atoms with Gasteiger partial charge < -0.3 is 24.1 Å². The van der Waals surface area contributed by atoms with E-state index in [4.69, 9.17) is 14.0 Å². The lowest BCUT2D eigenvalue weighted by Crippen LogP contribution is -2.29. The minimum atomic E-state index is -0.748. The van der Waals surface area contributed by atoms with Gasteiger partial charge >= 0.3 is 5.97 Å². The fourth-order valence-corrected chi connectivity index (χ4v) is 4.68. The van der Waals surface area contributed by atoms with Crippen molar-refractivity contribution >= 4 is 26.0 Å². The monoisotopic (exact) mass is 507 g/mol. The zero-order chi connectivity index (χ0) is 25.5. The van der Waals surface area contributed by atoms with Crippen LogP contribution in [0.5, 0.6) is 0 Å². The number of H-pyrrole nitrogens is 1. The molecule has 0 saturated carbocycles. The van der Waals surface area contributed by atoms with Gasteiger partial charge in [-0.25, -0.2) is 9.67 Å². The van der Waals surface area contributed by atoms with E-state index in [-0.39, 0.29) is 51.2 Å². The van der Waals surface area contributed by atoms with E-state index in [1.807, 2.05) is 0 Å². The van der Waals surface area contributed by atoms with Crippen LogP contribution < -0.4 is 5.56 Å². The summed E-state index contributed by atoms with van der Waals surface area (Å²) in [6, 6.07) is 0.353. The summed E-state index contributed by atoms with van der Waals surface area (Å²) in [6.45, 7) is 11.2. The van der Waals surface area contributed by atoms with Crippen molar-refractivity contribution in [3.05, 3.63) is 22.4 Å². The summed E-state index contributed by atoms with van der Waals surface area (Å²) in [6.07, 6.45) is -0.0195. The molecule has 0 spiro atoms. The minimum Gasteiger partial charge on any atom is -0.465 e. The van der Waals surface area contributed by atoms with Crippen LogP contribution in [0.4, 0.5) is 0 Å². The molecule has 12 heteroatoms. The number of hydrogen-bond acceptors (Lipinski definition) is 9. The Bertz CT molecular complexity index is 1120. The normalized spacial score (nSPS) is 20.4. The lowest BCUT2D eigenvalue weighted by atomic mass is 10.2.